The quantitative estimate of drug-likeness (QED) is 0.776. The lowest BCUT2D eigenvalue weighted by atomic mass is 10.1. The van der Waals surface area contributed by atoms with E-state index in [1.54, 1.807) is 18.1 Å². The van der Waals surface area contributed by atoms with E-state index < -0.39 is 0 Å². The summed E-state index contributed by atoms with van der Waals surface area (Å²) in [5, 5.41) is 3.30. The molecule has 0 radical (unpaired) electrons. The monoisotopic (exact) mass is 423 g/mol. The summed E-state index contributed by atoms with van der Waals surface area (Å²) in [4.78, 5) is 39.9. The number of carbonyl (C=O) groups is 1. The van der Waals surface area contributed by atoms with E-state index in [1.807, 2.05) is 19.9 Å². The minimum atomic E-state index is -0.374. The number of aryl methyl sites for hydroxylation is 2. The summed E-state index contributed by atoms with van der Waals surface area (Å²) in [6.45, 7) is 8.54. The third-order valence-corrected chi connectivity index (χ3v) is 5.71. The van der Waals surface area contributed by atoms with Crippen LogP contribution in [0, 0.1) is 13.8 Å². The Bertz CT molecular complexity index is 1010. The van der Waals surface area contributed by atoms with E-state index in [4.69, 9.17) is 0 Å². The van der Waals surface area contributed by atoms with Crippen molar-refractivity contribution in [1.82, 2.24) is 23.9 Å². The molecule has 1 aliphatic rings. The Hall–Kier alpha value is -2.32. The highest BCUT2D eigenvalue weighted by Crippen LogP contribution is 2.21. The van der Waals surface area contributed by atoms with Crippen LogP contribution in [0.25, 0.3) is 0 Å². The van der Waals surface area contributed by atoms with Crippen LogP contribution >= 0.6 is 12.4 Å². The van der Waals surface area contributed by atoms with E-state index in [0.717, 1.165) is 35.5 Å². The molecule has 160 valence electrons. The highest BCUT2D eigenvalue weighted by molar-refractivity contribution is 5.96. The van der Waals surface area contributed by atoms with Crippen LogP contribution in [-0.2, 0) is 27.2 Å². The van der Waals surface area contributed by atoms with Crippen LogP contribution in [0.4, 0.5) is 0 Å². The molecule has 3 rings (SSSR count). The van der Waals surface area contributed by atoms with Gasteiger partial charge >= 0.3 is 5.69 Å². The average Bonchev–Trinajstić information content (AvgIpc) is 3.29. The maximum absolute atomic E-state index is 13.5. The molecule has 0 aliphatic carbocycles. The van der Waals surface area contributed by atoms with Crippen LogP contribution in [0.15, 0.2) is 21.9 Å². The summed E-state index contributed by atoms with van der Waals surface area (Å²) in [6, 6.07) is 1.94. The summed E-state index contributed by atoms with van der Waals surface area (Å²) >= 11 is 0. The topological polar surface area (TPSA) is 81.3 Å². The molecule has 9 heteroatoms. The van der Waals surface area contributed by atoms with Gasteiger partial charge in [-0.3, -0.25) is 14.2 Å². The van der Waals surface area contributed by atoms with Crippen LogP contribution in [0.2, 0.25) is 0 Å². The first-order valence-corrected chi connectivity index (χ1v) is 9.70. The van der Waals surface area contributed by atoms with E-state index in [2.05, 4.69) is 16.8 Å². The third-order valence-electron chi connectivity index (χ3n) is 5.71. The molecule has 1 amide bonds. The van der Waals surface area contributed by atoms with Crippen molar-refractivity contribution in [2.45, 2.75) is 46.3 Å². The van der Waals surface area contributed by atoms with Crippen LogP contribution in [0.5, 0.6) is 0 Å². The van der Waals surface area contributed by atoms with Gasteiger partial charge in [0, 0.05) is 50.8 Å². The summed E-state index contributed by atoms with van der Waals surface area (Å²) in [5.41, 5.74) is 2.37. The van der Waals surface area contributed by atoms with Crippen LogP contribution in [0.1, 0.15) is 40.7 Å². The second-order valence-corrected chi connectivity index (χ2v) is 7.52. The highest BCUT2D eigenvalue weighted by atomic mass is 35.5. The molecule has 2 aromatic rings. The molecule has 1 unspecified atom stereocenters. The molecule has 3 heterocycles. The first-order chi connectivity index (χ1) is 13.3. The zero-order valence-electron chi connectivity index (χ0n) is 17.7. The minimum Gasteiger partial charge on any atom is -0.349 e. The fraction of sp³-hybridized carbons (Fsp3) is 0.550. The molecule has 0 saturated carbocycles. The lowest BCUT2D eigenvalue weighted by Crippen LogP contribution is -2.45. The van der Waals surface area contributed by atoms with Gasteiger partial charge in [-0.2, -0.15) is 0 Å². The van der Waals surface area contributed by atoms with E-state index in [0.29, 0.717) is 17.7 Å². The Balaban J connectivity index is 0.00000300. The van der Waals surface area contributed by atoms with Gasteiger partial charge in [0.2, 0.25) is 0 Å². The Labute approximate surface area is 176 Å². The maximum Gasteiger partial charge on any atom is 0.330 e. The number of nitrogens with one attached hydrogen (secondary N) is 1. The molecular weight excluding hydrogens is 394 g/mol. The largest absolute Gasteiger partial charge is 0.349 e. The molecule has 0 aromatic carbocycles. The Morgan fingerprint density at radius 3 is 2.52 bits per heavy atom. The number of nitrogens with zero attached hydrogens (tertiary/aromatic N) is 4. The number of hydrogen-bond donors (Lipinski definition) is 1. The van der Waals surface area contributed by atoms with Crippen molar-refractivity contribution in [2.75, 3.05) is 13.1 Å². The molecule has 8 nitrogen and oxygen atoms in total. The molecule has 1 N–H and O–H groups in total. The van der Waals surface area contributed by atoms with E-state index in [1.165, 1.54) is 11.6 Å². The standard InChI is InChI=1S/C20H29N5O3.ClH/c1-6-24-13(2)9-17(14(24)3)19(27)25(16-7-8-21-10-16)12-15-11-22(4)20(28)23(5)18(15)26;/h9,11,16,21H,6-8,10,12H2,1-5H3;1H. The maximum atomic E-state index is 13.5. The molecule has 0 bridgehead atoms. The predicted molar refractivity (Wildman–Crippen MR) is 115 cm³/mol. The molecule has 1 aliphatic heterocycles. The molecule has 29 heavy (non-hydrogen) atoms. The first kappa shape index (κ1) is 23.0. The minimum absolute atomic E-state index is 0. The number of hydrogen-bond acceptors (Lipinski definition) is 4. The Kier molecular flexibility index (Phi) is 7.13. The van der Waals surface area contributed by atoms with Crippen molar-refractivity contribution in [3.8, 4) is 0 Å². The van der Waals surface area contributed by atoms with Gasteiger partial charge in [-0.05, 0) is 39.8 Å². The lowest BCUT2D eigenvalue weighted by molar-refractivity contribution is 0.0673. The van der Waals surface area contributed by atoms with Gasteiger partial charge in [0.1, 0.15) is 0 Å². The normalized spacial score (nSPS) is 16.0. The number of rotatable bonds is 5. The van der Waals surface area contributed by atoms with Crippen molar-refractivity contribution in [3.63, 3.8) is 0 Å². The molecule has 2 aromatic heterocycles. The zero-order chi connectivity index (χ0) is 20.6. The molecule has 0 spiro atoms. The third kappa shape index (κ3) is 4.18. The number of carbonyl (C=O) groups excluding carboxylic acids is 1. The van der Waals surface area contributed by atoms with Gasteiger partial charge in [-0.25, -0.2) is 4.79 Å². The Morgan fingerprint density at radius 1 is 1.28 bits per heavy atom. The van der Waals surface area contributed by atoms with Gasteiger partial charge in [0.25, 0.3) is 11.5 Å². The van der Waals surface area contributed by atoms with Crippen molar-refractivity contribution >= 4 is 18.3 Å². The molecule has 1 saturated heterocycles. The van der Waals surface area contributed by atoms with Gasteiger partial charge < -0.3 is 19.4 Å². The first-order valence-electron chi connectivity index (χ1n) is 9.70. The predicted octanol–water partition coefficient (Wildman–Crippen LogP) is 0.948. The highest BCUT2D eigenvalue weighted by Gasteiger charge is 2.30. The molecular formula is C20H30ClN5O3. The summed E-state index contributed by atoms with van der Waals surface area (Å²) in [7, 11) is 3.08. The van der Waals surface area contributed by atoms with Crippen molar-refractivity contribution in [3.05, 3.63) is 55.6 Å². The summed E-state index contributed by atoms with van der Waals surface area (Å²) < 4.78 is 4.59. The van der Waals surface area contributed by atoms with Gasteiger partial charge in [-0.1, -0.05) is 0 Å². The second-order valence-electron chi connectivity index (χ2n) is 7.52. The second kappa shape index (κ2) is 9.00. The van der Waals surface area contributed by atoms with Gasteiger partial charge in [0.15, 0.2) is 0 Å². The lowest BCUT2D eigenvalue weighted by Gasteiger charge is -2.29. The SMILES string of the molecule is CCn1c(C)cc(C(=O)N(Cc2cn(C)c(=O)n(C)c2=O)C2CCNC2)c1C.Cl. The summed E-state index contributed by atoms with van der Waals surface area (Å²) in [6.07, 6.45) is 2.38. The number of halogens is 1. The average molecular weight is 424 g/mol. The van der Waals surface area contributed by atoms with E-state index >= 15 is 0 Å². The van der Waals surface area contributed by atoms with Crippen LogP contribution in [-0.4, -0.2) is 43.6 Å². The zero-order valence-corrected chi connectivity index (χ0v) is 18.5. The fourth-order valence-corrected chi connectivity index (χ4v) is 4.11. The molecule has 1 fully saturated rings. The summed E-state index contributed by atoms with van der Waals surface area (Å²) in [5.74, 6) is -0.0718. The smallest absolute Gasteiger partial charge is 0.330 e. The Morgan fingerprint density at radius 2 is 1.97 bits per heavy atom. The molecule has 1 atom stereocenters. The van der Waals surface area contributed by atoms with E-state index in [-0.39, 0.29) is 42.1 Å². The van der Waals surface area contributed by atoms with Crippen molar-refractivity contribution in [2.24, 2.45) is 14.1 Å². The number of aromatic nitrogens is 3. The van der Waals surface area contributed by atoms with Crippen LogP contribution < -0.4 is 16.6 Å². The van der Waals surface area contributed by atoms with Crippen LogP contribution in [0.3, 0.4) is 0 Å². The fourth-order valence-electron chi connectivity index (χ4n) is 4.11. The van der Waals surface area contributed by atoms with Gasteiger partial charge in [-0.15, -0.1) is 12.4 Å². The van der Waals surface area contributed by atoms with Crippen molar-refractivity contribution in [1.29, 1.82) is 0 Å². The van der Waals surface area contributed by atoms with E-state index in [9.17, 15) is 14.4 Å². The van der Waals surface area contributed by atoms with Crippen molar-refractivity contribution < 1.29 is 4.79 Å². The van der Waals surface area contributed by atoms with Gasteiger partial charge in [0.05, 0.1) is 17.7 Å². The number of amides is 1.